The van der Waals surface area contributed by atoms with Gasteiger partial charge in [-0.2, -0.15) is 8.42 Å². The van der Waals surface area contributed by atoms with Crippen LogP contribution >= 0.6 is 0 Å². The minimum absolute atomic E-state index is 0.108. The molecular formula is C30H33NO12S. The van der Waals surface area contributed by atoms with Gasteiger partial charge in [0.15, 0.2) is 35.2 Å². The maximum atomic E-state index is 13.0. The van der Waals surface area contributed by atoms with E-state index >= 15 is 0 Å². The predicted octanol–water partition coefficient (Wildman–Crippen LogP) is 2.01. The number of hydrogen-bond donors (Lipinski definition) is 4. The molecule has 3 aromatic rings. The molecular weight excluding hydrogens is 598 g/mol. The van der Waals surface area contributed by atoms with Crippen LogP contribution in [-0.4, -0.2) is 85.8 Å². The molecule has 0 aliphatic carbocycles. The van der Waals surface area contributed by atoms with E-state index < -0.39 is 34.3 Å². The lowest BCUT2D eigenvalue weighted by Gasteiger charge is -2.42. The van der Waals surface area contributed by atoms with Crippen molar-refractivity contribution in [2.45, 2.75) is 42.5 Å². The minimum Gasteiger partial charge on any atom is -0.493 e. The highest BCUT2D eigenvalue weighted by Crippen LogP contribution is 2.46. The van der Waals surface area contributed by atoms with Crippen molar-refractivity contribution in [2.75, 3.05) is 27.9 Å². The SMILES string of the molecule is COc1cc2c(cc1OC)C1Cc3ccc(OC)c(OS(=O)(=O)c4ccccc4)c3CN1CC2.O=C(O)C(O)C(O)C(=O)O. The molecule has 13 nitrogen and oxygen atoms in total. The number of aliphatic hydroxyl groups is 2. The summed E-state index contributed by atoms with van der Waals surface area (Å²) in [6.45, 7) is 1.40. The van der Waals surface area contributed by atoms with Crippen molar-refractivity contribution in [1.29, 1.82) is 0 Å². The highest BCUT2D eigenvalue weighted by molar-refractivity contribution is 7.87. The Morgan fingerprint density at radius 2 is 1.43 bits per heavy atom. The van der Waals surface area contributed by atoms with Gasteiger partial charge in [0.25, 0.3) is 0 Å². The van der Waals surface area contributed by atoms with Crippen LogP contribution in [0.2, 0.25) is 0 Å². The first-order chi connectivity index (χ1) is 20.9. The van der Waals surface area contributed by atoms with Crippen LogP contribution in [0.5, 0.6) is 23.0 Å². The number of ether oxygens (including phenoxy) is 3. The average molecular weight is 632 g/mol. The minimum atomic E-state index is -4.00. The fraction of sp³-hybridized carbons (Fsp3) is 0.333. The van der Waals surface area contributed by atoms with Gasteiger partial charge in [0.1, 0.15) is 4.90 Å². The Labute approximate surface area is 253 Å². The van der Waals surface area contributed by atoms with Crippen LogP contribution in [0.1, 0.15) is 28.3 Å². The van der Waals surface area contributed by atoms with Gasteiger partial charge < -0.3 is 38.8 Å². The number of nitrogens with zero attached hydrogens (tertiary/aromatic N) is 1. The van der Waals surface area contributed by atoms with Gasteiger partial charge in [-0.25, -0.2) is 9.59 Å². The van der Waals surface area contributed by atoms with Crippen LogP contribution in [0.4, 0.5) is 0 Å². The van der Waals surface area contributed by atoms with E-state index in [1.807, 2.05) is 6.07 Å². The summed E-state index contributed by atoms with van der Waals surface area (Å²) in [5.41, 5.74) is 4.35. The summed E-state index contributed by atoms with van der Waals surface area (Å²) in [6.07, 6.45) is -2.94. The number of methoxy groups -OCH3 is 3. The second-order valence-corrected chi connectivity index (χ2v) is 11.5. The molecule has 3 unspecified atom stereocenters. The van der Waals surface area contributed by atoms with E-state index in [-0.39, 0.29) is 16.7 Å². The quantitative estimate of drug-likeness (QED) is 0.251. The first kappa shape index (κ1) is 32.5. The van der Waals surface area contributed by atoms with E-state index in [9.17, 15) is 18.0 Å². The number of fused-ring (bicyclic) bond motifs is 4. The standard InChI is InChI=1S/C26H27NO6S.C4H6O6/c1-30-23-10-9-17-13-22-20-15-25(32-3)24(31-2)14-18(20)11-12-27(22)16-21(17)26(23)33-34(28,29)19-7-5-4-6-8-19;5-1(3(7)8)2(6)4(9)10/h4-10,14-15,22H,11-13,16H2,1-3H3;1-2,5-6H,(H,7,8)(H,9,10). The maximum Gasteiger partial charge on any atom is 0.339 e. The Hall–Kier alpha value is -4.37. The Bertz CT molecular complexity index is 1610. The van der Waals surface area contributed by atoms with E-state index in [1.165, 1.54) is 30.4 Å². The van der Waals surface area contributed by atoms with Gasteiger partial charge in [-0.05, 0) is 59.9 Å². The lowest BCUT2D eigenvalue weighted by Crippen LogP contribution is -2.39. The van der Waals surface area contributed by atoms with Crippen molar-refractivity contribution in [3.8, 4) is 23.0 Å². The number of hydrogen-bond acceptors (Lipinski definition) is 11. The Balaban J connectivity index is 0.000000382. The summed E-state index contributed by atoms with van der Waals surface area (Å²) in [4.78, 5) is 22.0. The first-order valence-electron chi connectivity index (χ1n) is 13.4. The zero-order chi connectivity index (χ0) is 32.2. The Morgan fingerprint density at radius 1 is 0.841 bits per heavy atom. The van der Waals surface area contributed by atoms with Crippen molar-refractivity contribution in [2.24, 2.45) is 0 Å². The van der Waals surface area contributed by atoms with Crippen molar-refractivity contribution in [3.05, 3.63) is 76.9 Å². The number of rotatable bonds is 9. The summed E-state index contributed by atoms with van der Waals surface area (Å²) in [7, 11) is 0.807. The molecule has 2 aliphatic heterocycles. The molecule has 0 spiro atoms. The Morgan fingerprint density at radius 3 is 2.00 bits per heavy atom. The molecule has 0 amide bonds. The molecule has 236 valence electrons. The summed E-state index contributed by atoms with van der Waals surface area (Å²) >= 11 is 0. The lowest BCUT2D eigenvalue weighted by atomic mass is 9.83. The highest BCUT2D eigenvalue weighted by atomic mass is 32.2. The molecule has 0 saturated heterocycles. The van der Waals surface area contributed by atoms with Gasteiger partial charge in [-0.15, -0.1) is 0 Å². The lowest BCUT2D eigenvalue weighted by molar-refractivity contribution is -0.165. The maximum absolute atomic E-state index is 13.0. The number of carbonyl (C=O) groups is 2. The number of aliphatic carboxylic acids is 2. The molecule has 3 aromatic carbocycles. The van der Waals surface area contributed by atoms with Gasteiger partial charge in [-0.1, -0.05) is 24.3 Å². The summed E-state index contributed by atoms with van der Waals surface area (Å²) < 4.78 is 48.3. The molecule has 0 saturated carbocycles. The van der Waals surface area contributed by atoms with Crippen molar-refractivity contribution < 1.29 is 56.8 Å². The van der Waals surface area contributed by atoms with Crippen LogP contribution in [0.15, 0.2) is 59.5 Å². The third-order valence-electron chi connectivity index (χ3n) is 7.46. The van der Waals surface area contributed by atoms with E-state index in [0.717, 1.165) is 36.3 Å². The van der Waals surface area contributed by atoms with E-state index in [0.29, 0.717) is 18.0 Å². The van der Waals surface area contributed by atoms with E-state index in [1.54, 1.807) is 38.5 Å². The summed E-state index contributed by atoms with van der Waals surface area (Å²) in [5, 5.41) is 32.5. The van der Waals surface area contributed by atoms with Gasteiger partial charge >= 0.3 is 22.1 Å². The largest absolute Gasteiger partial charge is 0.493 e. The van der Waals surface area contributed by atoms with Crippen LogP contribution in [-0.2, 0) is 39.1 Å². The predicted molar refractivity (Wildman–Crippen MR) is 155 cm³/mol. The van der Waals surface area contributed by atoms with Crippen LogP contribution in [0.3, 0.4) is 0 Å². The normalized spacial score (nSPS) is 16.9. The zero-order valence-corrected chi connectivity index (χ0v) is 25.0. The third-order valence-corrected chi connectivity index (χ3v) is 8.69. The number of benzene rings is 3. The summed E-state index contributed by atoms with van der Waals surface area (Å²) in [6, 6.07) is 16.2. The highest BCUT2D eigenvalue weighted by Gasteiger charge is 2.36. The zero-order valence-electron chi connectivity index (χ0n) is 24.2. The van der Waals surface area contributed by atoms with Gasteiger partial charge in [0, 0.05) is 24.7 Å². The van der Waals surface area contributed by atoms with Gasteiger partial charge in [0.05, 0.1) is 21.3 Å². The molecule has 4 N–H and O–H groups in total. The van der Waals surface area contributed by atoms with Crippen LogP contribution < -0.4 is 18.4 Å². The number of aliphatic hydroxyl groups excluding tert-OH is 2. The van der Waals surface area contributed by atoms with Crippen molar-refractivity contribution in [1.82, 2.24) is 4.90 Å². The first-order valence-corrected chi connectivity index (χ1v) is 14.8. The fourth-order valence-electron chi connectivity index (χ4n) is 5.20. The van der Waals surface area contributed by atoms with Gasteiger partial charge in [0.2, 0.25) is 0 Å². The number of carboxylic acids is 2. The van der Waals surface area contributed by atoms with Crippen molar-refractivity contribution in [3.63, 3.8) is 0 Å². The number of carboxylic acid groups (broad SMARTS) is 2. The summed E-state index contributed by atoms with van der Waals surface area (Å²) in [5.74, 6) is -1.43. The Kier molecular flexibility index (Phi) is 9.99. The van der Waals surface area contributed by atoms with E-state index in [2.05, 4.69) is 17.0 Å². The molecule has 5 rings (SSSR count). The average Bonchev–Trinajstić information content (AvgIpc) is 3.03. The van der Waals surface area contributed by atoms with Crippen molar-refractivity contribution >= 4 is 22.1 Å². The molecule has 3 atom stereocenters. The van der Waals surface area contributed by atoms with E-state index in [4.69, 9.17) is 38.8 Å². The fourth-order valence-corrected chi connectivity index (χ4v) is 6.19. The van der Waals surface area contributed by atoms with Crippen LogP contribution in [0.25, 0.3) is 0 Å². The molecule has 44 heavy (non-hydrogen) atoms. The molecule has 2 aliphatic rings. The van der Waals surface area contributed by atoms with Crippen LogP contribution in [0, 0.1) is 0 Å². The monoisotopic (exact) mass is 631 g/mol. The smallest absolute Gasteiger partial charge is 0.339 e. The molecule has 0 radical (unpaired) electrons. The topological polar surface area (TPSA) is 189 Å². The molecule has 0 bridgehead atoms. The third kappa shape index (κ3) is 6.73. The molecule has 0 fully saturated rings. The second kappa shape index (κ2) is 13.5. The molecule has 0 aromatic heterocycles. The molecule has 2 heterocycles. The van der Waals surface area contributed by atoms with Gasteiger partial charge in [-0.3, -0.25) is 4.90 Å². The second-order valence-electron chi connectivity index (χ2n) is 10.00. The molecule has 14 heteroatoms.